The fourth-order valence-corrected chi connectivity index (χ4v) is 4.89. The second kappa shape index (κ2) is 8.97. The van der Waals surface area contributed by atoms with Gasteiger partial charge in [0.25, 0.3) is 5.78 Å². The summed E-state index contributed by atoms with van der Waals surface area (Å²) < 4.78 is 53.0. The number of piperidine rings is 1. The van der Waals surface area contributed by atoms with Crippen LogP contribution < -0.4 is 15.4 Å². The van der Waals surface area contributed by atoms with Crippen molar-refractivity contribution in [2.45, 2.75) is 18.9 Å². The summed E-state index contributed by atoms with van der Waals surface area (Å²) in [5.41, 5.74) is 6.14. The van der Waals surface area contributed by atoms with Crippen LogP contribution in [0.3, 0.4) is 0 Å². The van der Waals surface area contributed by atoms with Crippen LogP contribution in [0.5, 0.6) is 5.75 Å². The lowest BCUT2D eigenvalue weighted by Gasteiger charge is -2.46. The van der Waals surface area contributed by atoms with E-state index in [-0.39, 0.29) is 24.5 Å². The van der Waals surface area contributed by atoms with Crippen LogP contribution in [0.25, 0.3) is 17.4 Å². The SMILES string of the molecule is Nc1nc(N2CCN3CC(COc4c(F)cc(F)cc4F)CCC3C2)nc2nc(-c3ccco3)nn12. The highest BCUT2D eigenvalue weighted by Crippen LogP contribution is 2.29. The zero-order valence-electron chi connectivity index (χ0n) is 19.1. The number of benzene rings is 1. The second-order valence-corrected chi connectivity index (χ2v) is 9.05. The Morgan fingerprint density at radius 2 is 1.89 bits per heavy atom. The summed E-state index contributed by atoms with van der Waals surface area (Å²) >= 11 is 0. The molecule has 2 fully saturated rings. The van der Waals surface area contributed by atoms with E-state index in [2.05, 4.69) is 29.9 Å². The van der Waals surface area contributed by atoms with Crippen LogP contribution in [-0.4, -0.2) is 68.3 Å². The number of anilines is 2. The summed E-state index contributed by atoms with van der Waals surface area (Å²) in [6.07, 6.45) is 3.25. The number of nitrogens with two attached hydrogens (primary N) is 1. The van der Waals surface area contributed by atoms with Crippen molar-refractivity contribution in [3.05, 3.63) is 48.0 Å². The van der Waals surface area contributed by atoms with Crippen LogP contribution in [0.2, 0.25) is 0 Å². The number of nitrogens with zero attached hydrogens (tertiary/aromatic N) is 7. The topological polar surface area (TPSA) is 111 Å². The molecule has 5 heterocycles. The van der Waals surface area contributed by atoms with E-state index in [1.165, 1.54) is 4.52 Å². The van der Waals surface area contributed by atoms with Gasteiger partial charge in [0, 0.05) is 50.3 Å². The van der Waals surface area contributed by atoms with E-state index in [9.17, 15) is 13.2 Å². The molecule has 1 aromatic carbocycles. The highest BCUT2D eigenvalue weighted by Gasteiger charge is 2.34. The Morgan fingerprint density at radius 3 is 2.67 bits per heavy atom. The van der Waals surface area contributed by atoms with Crippen molar-refractivity contribution in [1.29, 1.82) is 0 Å². The van der Waals surface area contributed by atoms with E-state index in [0.717, 1.165) is 25.9 Å². The molecule has 3 aromatic heterocycles. The van der Waals surface area contributed by atoms with Crippen molar-refractivity contribution in [3.8, 4) is 17.3 Å². The average Bonchev–Trinajstić information content (AvgIpc) is 3.53. The maximum Gasteiger partial charge on any atom is 0.259 e. The van der Waals surface area contributed by atoms with Gasteiger partial charge in [-0.3, -0.25) is 4.90 Å². The van der Waals surface area contributed by atoms with Crippen LogP contribution in [0, 0.1) is 23.4 Å². The number of furan rings is 1. The van der Waals surface area contributed by atoms with E-state index in [1.54, 1.807) is 18.4 Å². The fourth-order valence-electron chi connectivity index (χ4n) is 4.89. The maximum atomic E-state index is 13.9. The van der Waals surface area contributed by atoms with E-state index in [4.69, 9.17) is 14.9 Å². The molecule has 2 N–H and O–H groups in total. The van der Waals surface area contributed by atoms with Gasteiger partial charge in [-0.2, -0.15) is 19.5 Å². The second-order valence-electron chi connectivity index (χ2n) is 9.05. The van der Waals surface area contributed by atoms with Crippen molar-refractivity contribution in [2.24, 2.45) is 5.92 Å². The normalized spacial score (nSPS) is 20.6. The molecule has 10 nitrogen and oxygen atoms in total. The molecule has 0 bridgehead atoms. The van der Waals surface area contributed by atoms with Gasteiger partial charge in [0.05, 0.1) is 12.9 Å². The number of fused-ring (bicyclic) bond motifs is 2. The number of ether oxygens (including phenoxy) is 1. The minimum Gasteiger partial charge on any atom is -0.487 e. The number of aromatic nitrogens is 5. The van der Waals surface area contributed by atoms with Gasteiger partial charge in [0.1, 0.15) is 5.82 Å². The Labute approximate surface area is 203 Å². The average molecular weight is 500 g/mol. The Balaban J connectivity index is 1.11. The molecule has 0 spiro atoms. The predicted octanol–water partition coefficient (Wildman–Crippen LogP) is 2.76. The largest absolute Gasteiger partial charge is 0.487 e. The van der Waals surface area contributed by atoms with Crippen LogP contribution in [-0.2, 0) is 0 Å². The lowest BCUT2D eigenvalue weighted by molar-refractivity contribution is 0.0706. The summed E-state index contributed by atoms with van der Waals surface area (Å²) in [6.45, 7) is 3.05. The van der Waals surface area contributed by atoms with E-state index in [1.807, 2.05) is 0 Å². The molecule has 13 heteroatoms. The molecule has 0 radical (unpaired) electrons. The van der Waals surface area contributed by atoms with Crippen LogP contribution in [0.1, 0.15) is 12.8 Å². The summed E-state index contributed by atoms with van der Waals surface area (Å²) in [5.74, 6) is -1.55. The zero-order chi connectivity index (χ0) is 24.8. The number of nitrogen functional groups attached to an aromatic ring is 1. The van der Waals surface area contributed by atoms with Gasteiger partial charge in [0.15, 0.2) is 23.1 Å². The van der Waals surface area contributed by atoms with Crippen molar-refractivity contribution < 1.29 is 22.3 Å². The molecular weight excluding hydrogens is 477 g/mol. The van der Waals surface area contributed by atoms with Gasteiger partial charge < -0.3 is 19.8 Å². The molecule has 4 aromatic rings. The first-order valence-corrected chi connectivity index (χ1v) is 11.6. The molecule has 36 heavy (non-hydrogen) atoms. The van der Waals surface area contributed by atoms with Gasteiger partial charge in [-0.1, -0.05) is 0 Å². The van der Waals surface area contributed by atoms with E-state index < -0.39 is 23.2 Å². The number of hydrogen-bond donors (Lipinski definition) is 1. The van der Waals surface area contributed by atoms with Gasteiger partial charge in [-0.15, -0.1) is 5.10 Å². The molecule has 2 unspecified atom stereocenters. The monoisotopic (exact) mass is 500 g/mol. The summed E-state index contributed by atoms with van der Waals surface area (Å²) in [5, 5.41) is 4.33. The van der Waals surface area contributed by atoms with Crippen molar-refractivity contribution in [1.82, 2.24) is 29.5 Å². The van der Waals surface area contributed by atoms with Gasteiger partial charge in [0.2, 0.25) is 17.7 Å². The molecule has 2 aliphatic heterocycles. The van der Waals surface area contributed by atoms with Crippen molar-refractivity contribution in [2.75, 3.05) is 43.4 Å². The Bertz CT molecular complexity index is 1370. The zero-order valence-corrected chi connectivity index (χ0v) is 19.1. The molecule has 0 saturated carbocycles. The number of halogens is 3. The fraction of sp³-hybridized carbons (Fsp3) is 0.391. The molecule has 188 valence electrons. The van der Waals surface area contributed by atoms with Crippen molar-refractivity contribution >= 4 is 17.7 Å². The number of hydrogen-bond acceptors (Lipinski definition) is 9. The van der Waals surface area contributed by atoms with Crippen molar-refractivity contribution in [3.63, 3.8) is 0 Å². The smallest absolute Gasteiger partial charge is 0.259 e. The molecule has 2 saturated heterocycles. The third kappa shape index (κ3) is 4.19. The van der Waals surface area contributed by atoms with Crippen LogP contribution in [0.15, 0.2) is 34.9 Å². The highest BCUT2D eigenvalue weighted by molar-refractivity contribution is 5.53. The molecule has 2 aliphatic rings. The summed E-state index contributed by atoms with van der Waals surface area (Å²) in [4.78, 5) is 17.9. The third-order valence-electron chi connectivity index (χ3n) is 6.68. The number of rotatable bonds is 5. The van der Waals surface area contributed by atoms with Gasteiger partial charge >= 0.3 is 0 Å². The minimum absolute atomic E-state index is 0.107. The van der Waals surface area contributed by atoms with Gasteiger partial charge in [-0.05, 0) is 25.0 Å². The first kappa shape index (κ1) is 22.6. The molecule has 0 amide bonds. The molecular formula is C23H23F3N8O2. The van der Waals surface area contributed by atoms with Crippen LogP contribution >= 0.6 is 0 Å². The van der Waals surface area contributed by atoms with Gasteiger partial charge in [-0.25, -0.2) is 13.2 Å². The molecule has 2 atom stereocenters. The molecule has 6 rings (SSSR count). The quantitative estimate of drug-likeness (QED) is 0.442. The lowest BCUT2D eigenvalue weighted by Crippen LogP contribution is -2.57. The first-order valence-electron chi connectivity index (χ1n) is 11.6. The van der Waals surface area contributed by atoms with E-state index >= 15 is 0 Å². The number of piperazine rings is 1. The van der Waals surface area contributed by atoms with E-state index in [0.29, 0.717) is 48.5 Å². The Hall–Kier alpha value is -3.87. The standard InChI is InChI=1S/C23H23F3N8O2/c24-14-8-16(25)19(17(26)9-14)36-12-13-3-4-15-11-33(6-5-32(15)10-13)22-29-21(27)34-23(30-22)28-20(31-34)18-2-1-7-35-18/h1-2,7-9,13,15H,3-6,10-12H2,(H2,27,28,29,30,31). The third-order valence-corrected chi connectivity index (χ3v) is 6.68. The highest BCUT2D eigenvalue weighted by atomic mass is 19.1. The predicted molar refractivity (Wildman–Crippen MR) is 123 cm³/mol. The summed E-state index contributed by atoms with van der Waals surface area (Å²) in [6, 6.07) is 5.02. The lowest BCUT2D eigenvalue weighted by atomic mass is 9.91. The maximum absolute atomic E-state index is 13.9. The minimum atomic E-state index is -1.03. The molecule has 0 aliphatic carbocycles. The first-order chi connectivity index (χ1) is 17.4. The Kier molecular flexibility index (Phi) is 5.63. The Morgan fingerprint density at radius 1 is 1.06 bits per heavy atom. The summed E-state index contributed by atoms with van der Waals surface area (Å²) in [7, 11) is 0. The van der Waals surface area contributed by atoms with Crippen LogP contribution in [0.4, 0.5) is 25.1 Å².